The monoisotopic (exact) mass is 306 g/mol. The van der Waals surface area contributed by atoms with E-state index in [0.717, 1.165) is 58.6 Å². The second-order valence-electron chi connectivity index (χ2n) is 5.70. The van der Waals surface area contributed by atoms with Crippen molar-refractivity contribution in [2.24, 2.45) is 17.6 Å². The molecule has 0 aliphatic carbocycles. The van der Waals surface area contributed by atoms with Crippen LogP contribution < -0.4 is 5.73 Å². The summed E-state index contributed by atoms with van der Waals surface area (Å²) in [5.74, 6) is 1.01. The van der Waals surface area contributed by atoms with Crippen LogP contribution >= 0.6 is 12.4 Å². The van der Waals surface area contributed by atoms with Crippen molar-refractivity contribution in [1.29, 1.82) is 0 Å². The number of nitrogens with zero attached hydrogens (tertiary/aromatic N) is 1. The number of ether oxygens (including phenoxy) is 2. The summed E-state index contributed by atoms with van der Waals surface area (Å²) in [7, 11) is 1.73. The Balaban J connectivity index is 0.00000200. The number of carbonyl (C=O) groups is 1. The molecule has 2 N–H and O–H groups in total. The summed E-state index contributed by atoms with van der Waals surface area (Å²) in [6.07, 6.45) is 3.88. The molecule has 2 fully saturated rings. The second kappa shape index (κ2) is 8.82. The van der Waals surface area contributed by atoms with Crippen LogP contribution in [0.3, 0.4) is 0 Å². The maximum absolute atomic E-state index is 12.4. The van der Waals surface area contributed by atoms with Crippen molar-refractivity contribution in [2.45, 2.75) is 31.7 Å². The van der Waals surface area contributed by atoms with Crippen molar-refractivity contribution in [3.05, 3.63) is 0 Å². The Hall–Kier alpha value is -0.360. The number of hydrogen-bond donors (Lipinski definition) is 1. The first-order valence-corrected chi connectivity index (χ1v) is 7.33. The van der Waals surface area contributed by atoms with Crippen molar-refractivity contribution in [2.75, 3.05) is 40.0 Å². The number of hydrogen-bond acceptors (Lipinski definition) is 4. The highest BCUT2D eigenvalue weighted by Crippen LogP contribution is 2.22. The Morgan fingerprint density at radius 3 is 2.45 bits per heavy atom. The molecule has 2 heterocycles. The van der Waals surface area contributed by atoms with Gasteiger partial charge in [-0.2, -0.15) is 0 Å². The molecular weight excluding hydrogens is 280 g/mol. The molecule has 1 amide bonds. The first-order chi connectivity index (χ1) is 9.22. The number of rotatable bonds is 4. The summed E-state index contributed by atoms with van der Waals surface area (Å²) >= 11 is 0. The van der Waals surface area contributed by atoms with Crippen LogP contribution in [0.25, 0.3) is 0 Å². The van der Waals surface area contributed by atoms with E-state index in [9.17, 15) is 4.79 Å². The molecule has 2 rings (SSSR count). The van der Waals surface area contributed by atoms with E-state index in [0.29, 0.717) is 5.92 Å². The molecule has 2 saturated heterocycles. The zero-order valence-electron chi connectivity index (χ0n) is 12.3. The first kappa shape index (κ1) is 17.7. The minimum Gasteiger partial charge on any atom is -0.384 e. The van der Waals surface area contributed by atoms with E-state index in [-0.39, 0.29) is 30.3 Å². The molecule has 0 bridgehead atoms. The molecule has 1 unspecified atom stereocenters. The Bertz CT molecular complexity index is 290. The topological polar surface area (TPSA) is 64.8 Å². The van der Waals surface area contributed by atoms with Gasteiger partial charge in [-0.25, -0.2) is 0 Å². The molecule has 1 atom stereocenters. The Morgan fingerprint density at radius 2 is 1.90 bits per heavy atom. The molecule has 20 heavy (non-hydrogen) atoms. The predicted octanol–water partition coefficient (Wildman–Crippen LogP) is 1.05. The van der Waals surface area contributed by atoms with Gasteiger partial charge >= 0.3 is 0 Å². The molecule has 0 spiro atoms. The molecule has 0 aromatic rings. The number of piperidine rings is 1. The van der Waals surface area contributed by atoms with Crippen LogP contribution in [0.2, 0.25) is 0 Å². The lowest BCUT2D eigenvalue weighted by Crippen LogP contribution is -2.51. The molecule has 5 nitrogen and oxygen atoms in total. The first-order valence-electron chi connectivity index (χ1n) is 7.33. The lowest BCUT2D eigenvalue weighted by Gasteiger charge is -2.35. The quantitative estimate of drug-likeness (QED) is 0.843. The van der Waals surface area contributed by atoms with Gasteiger partial charge in [0.2, 0.25) is 5.91 Å². The molecule has 6 heteroatoms. The van der Waals surface area contributed by atoms with Gasteiger partial charge in [0.15, 0.2) is 0 Å². The van der Waals surface area contributed by atoms with E-state index >= 15 is 0 Å². The fourth-order valence-electron chi connectivity index (χ4n) is 3.04. The smallest absolute Gasteiger partial charge is 0.239 e. The minimum atomic E-state index is -0.345. The van der Waals surface area contributed by atoms with E-state index < -0.39 is 0 Å². The molecule has 2 aliphatic rings. The zero-order chi connectivity index (χ0) is 13.7. The fraction of sp³-hybridized carbons (Fsp3) is 0.929. The van der Waals surface area contributed by atoms with E-state index in [1.807, 2.05) is 4.90 Å². The second-order valence-corrected chi connectivity index (χ2v) is 5.70. The summed E-state index contributed by atoms with van der Waals surface area (Å²) in [4.78, 5) is 14.3. The summed E-state index contributed by atoms with van der Waals surface area (Å²) < 4.78 is 10.5. The number of halogens is 1. The van der Waals surface area contributed by atoms with Gasteiger partial charge in [0.1, 0.15) is 0 Å². The van der Waals surface area contributed by atoms with E-state index in [1.165, 1.54) is 0 Å². The number of likely N-dealkylation sites (tertiary alicyclic amines) is 1. The SMILES string of the molecule is COCC1CCN(C(=O)C(N)C2CCOCC2)CC1.Cl. The molecule has 0 saturated carbocycles. The van der Waals surface area contributed by atoms with E-state index in [2.05, 4.69) is 0 Å². The summed E-state index contributed by atoms with van der Waals surface area (Å²) in [5.41, 5.74) is 6.14. The maximum Gasteiger partial charge on any atom is 0.239 e. The lowest BCUT2D eigenvalue weighted by atomic mass is 9.90. The molecule has 118 valence electrons. The Labute approximate surface area is 127 Å². The van der Waals surface area contributed by atoms with Crippen molar-refractivity contribution in [1.82, 2.24) is 4.90 Å². The van der Waals surface area contributed by atoms with Crippen molar-refractivity contribution >= 4 is 18.3 Å². The van der Waals surface area contributed by atoms with Gasteiger partial charge in [-0.05, 0) is 37.5 Å². The van der Waals surface area contributed by atoms with Crippen LogP contribution in [-0.2, 0) is 14.3 Å². The number of amides is 1. The van der Waals surface area contributed by atoms with Gasteiger partial charge in [-0.3, -0.25) is 4.79 Å². The minimum absolute atomic E-state index is 0. The largest absolute Gasteiger partial charge is 0.384 e. The van der Waals surface area contributed by atoms with Gasteiger partial charge in [0.05, 0.1) is 6.04 Å². The third-order valence-electron chi connectivity index (χ3n) is 4.39. The summed E-state index contributed by atoms with van der Waals surface area (Å²) in [6, 6.07) is -0.345. The van der Waals surface area contributed by atoms with Gasteiger partial charge in [-0.1, -0.05) is 0 Å². The number of methoxy groups -OCH3 is 1. The van der Waals surface area contributed by atoms with Gasteiger partial charge < -0.3 is 20.1 Å². The number of carbonyl (C=O) groups excluding carboxylic acids is 1. The molecule has 0 aromatic heterocycles. The average molecular weight is 307 g/mol. The summed E-state index contributed by atoms with van der Waals surface area (Å²) in [5, 5.41) is 0. The van der Waals surface area contributed by atoms with Crippen LogP contribution in [0.5, 0.6) is 0 Å². The highest BCUT2D eigenvalue weighted by Gasteiger charge is 2.31. The molecule has 2 aliphatic heterocycles. The van der Waals surface area contributed by atoms with E-state index in [4.69, 9.17) is 15.2 Å². The number of nitrogens with two attached hydrogens (primary N) is 1. The van der Waals surface area contributed by atoms with Gasteiger partial charge in [-0.15, -0.1) is 12.4 Å². The van der Waals surface area contributed by atoms with Crippen molar-refractivity contribution in [3.63, 3.8) is 0 Å². The lowest BCUT2D eigenvalue weighted by molar-refractivity contribution is -0.136. The maximum atomic E-state index is 12.4. The Morgan fingerprint density at radius 1 is 1.30 bits per heavy atom. The van der Waals surface area contributed by atoms with Crippen molar-refractivity contribution < 1.29 is 14.3 Å². The average Bonchev–Trinajstić information content (AvgIpc) is 2.48. The predicted molar refractivity (Wildman–Crippen MR) is 79.9 cm³/mol. The normalized spacial score (nSPS) is 23.2. The highest BCUT2D eigenvalue weighted by molar-refractivity contribution is 5.85. The van der Waals surface area contributed by atoms with Crippen molar-refractivity contribution in [3.8, 4) is 0 Å². The van der Waals surface area contributed by atoms with Crippen LogP contribution in [0, 0.1) is 11.8 Å². The highest BCUT2D eigenvalue weighted by atomic mass is 35.5. The van der Waals surface area contributed by atoms with Crippen LogP contribution in [0.1, 0.15) is 25.7 Å². The Kier molecular flexibility index (Phi) is 7.80. The van der Waals surface area contributed by atoms with Crippen LogP contribution in [0.4, 0.5) is 0 Å². The van der Waals surface area contributed by atoms with Gasteiger partial charge in [0, 0.05) is 40.0 Å². The van der Waals surface area contributed by atoms with E-state index in [1.54, 1.807) is 7.11 Å². The van der Waals surface area contributed by atoms with Crippen LogP contribution in [0.15, 0.2) is 0 Å². The van der Waals surface area contributed by atoms with Gasteiger partial charge in [0.25, 0.3) is 0 Å². The third-order valence-corrected chi connectivity index (χ3v) is 4.39. The third kappa shape index (κ3) is 4.58. The zero-order valence-corrected chi connectivity index (χ0v) is 13.1. The molecule has 0 radical (unpaired) electrons. The summed E-state index contributed by atoms with van der Waals surface area (Å²) in [6.45, 7) is 3.92. The molecule has 0 aromatic carbocycles. The molecular formula is C14H27ClN2O3. The van der Waals surface area contributed by atoms with Crippen LogP contribution in [-0.4, -0.2) is 56.9 Å². The fourth-order valence-corrected chi connectivity index (χ4v) is 3.04. The standard InChI is InChI=1S/C14H26N2O3.ClH/c1-18-10-11-2-6-16(7-3-11)14(17)13(15)12-4-8-19-9-5-12;/h11-13H,2-10,15H2,1H3;1H.